The molecule has 292 valence electrons. The number of benzene rings is 1. The number of hydrogen-bond acceptors (Lipinski definition) is 10. The number of nitrogens with one attached hydrogen (secondary N) is 4. The van der Waals surface area contributed by atoms with Crippen LogP contribution in [0.3, 0.4) is 0 Å². The predicted molar refractivity (Wildman–Crippen MR) is 198 cm³/mol. The standard InChI is InChI=1S/C39H46N6O9S/c46-33-30-13-7-12-29(41-30)24-8-6-10-27(18-24)53-22-38(16-17-38)23-54-37(50)42-31-11-5-3-1-2-4-9-25-20-39(25,36(49)44-55(51,52)28-14-15-28)43-34(47)32-19-26(40-33)21-45(32)35(31)48/h4,6-10,12-13,18,25-26,28,31-32H,1-3,5,11,14-17,19-23H2,(H,40,46)(H,42,50)(H,43,47)(H,44,49)/t25-,26-,31+,32+,39-/m1/s1. The first-order valence-corrected chi connectivity index (χ1v) is 20.8. The van der Waals surface area contributed by atoms with Crippen LogP contribution in [0.2, 0.25) is 0 Å². The maximum atomic E-state index is 14.5. The number of sulfonamides is 1. The lowest BCUT2D eigenvalue weighted by Crippen LogP contribution is -2.58. The van der Waals surface area contributed by atoms with E-state index in [1.54, 1.807) is 18.2 Å². The zero-order chi connectivity index (χ0) is 38.4. The Morgan fingerprint density at radius 3 is 2.51 bits per heavy atom. The van der Waals surface area contributed by atoms with Gasteiger partial charge in [0.1, 0.15) is 35.7 Å². The Labute approximate surface area is 319 Å². The summed E-state index contributed by atoms with van der Waals surface area (Å²) in [5.41, 5.74) is -0.474. The van der Waals surface area contributed by atoms with E-state index in [0.29, 0.717) is 43.7 Å². The van der Waals surface area contributed by atoms with E-state index in [1.165, 1.54) is 4.90 Å². The van der Waals surface area contributed by atoms with Crippen LogP contribution in [0.1, 0.15) is 81.1 Å². The largest absolute Gasteiger partial charge is 0.493 e. The third kappa shape index (κ3) is 8.05. The van der Waals surface area contributed by atoms with E-state index in [-0.39, 0.29) is 43.5 Å². The third-order valence-electron chi connectivity index (χ3n) is 11.6. The van der Waals surface area contributed by atoms with Gasteiger partial charge in [0, 0.05) is 29.5 Å². The van der Waals surface area contributed by atoms with E-state index in [4.69, 9.17) is 9.47 Å². The van der Waals surface area contributed by atoms with Gasteiger partial charge in [-0.25, -0.2) is 18.2 Å². The molecule has 55 heavy (non-hydrogen) atoms. The first-order valence-electron chi connectivity index (χ1n) is 19.2. The van der Waals surface area contributed by atoms with E-state index in [1.807, 2.05) is 36.4 Å². The number of aromatic nitrogens is 1. The second kappa shape index (κ2) is 14.6. The van der Waals surface area contributed by atoms with Crippen LogP contribution in [-0.4, -0.2) is 96.7 Å². The molecule has 0 radical (unpaired) electrons. The molecule has 15 nitrogen and oxygen atoms in total. The maximum absolute atomic E-state index is 14.5. The van der Waals surface area contributed by atoms with Crippen molar-refractivity contribution in [1.29, 1.82) is 0 Å². The van der Waals surface area contributed by atoms with Gasteiger partial charge in [-0.1, -0.05) is 43.2 Å². The van der Waals surface area contributed by atoms with Crippen LogP contribution in [0.4, 0.5) is 4.79 Å². The highest BCUT2D eigenvalue weighted by molar-refractivity contribution is 7.91. The zero-order valence-electron chi connectivity index (χ0n) is 30.5. The Balaban J connectivity index is 1.11. The van der Waals surface area contributed by atoms with Gasteiger partial charge in [-0.3, -0.25) is 23.9 Å². The Kier molecular flexibility index (Phi) is 9.80. The number of cyclic esters (lactones) is 1. The Hall–Kier alpha value is -4.99. The molecule has 7 bridgehead atoms. The predicted octanol–water partition coefficient (Wildman–Crippen LogP) is 2.72. The summed E-state index contributed by atoms with van der Waals surface area (Å²) < 4.78 is 39.7. The highest BCUT2D eigenvalue weighted by atomic mass is 32.2. The monoisotopic (exact) mass is 774 g/mol. The van der Waals surface area contributed by atoms with Crippen LogP contribution in [0.5, 0.6) is 5.75 Å². The lowest BCUT2D eigenvalue weighted by atomic mass is 10.0. The average molecular weight is 775 g/mol. The van der Waals surface area contributed by atoms with Crippen molar-refractivity contribution >= 4 is 39.7 Å². The molecule has 0 unspecified atom stereocenters. The van der Waals surface area contributed by atoms with Crippen molar-refractivity contribution in [3.05, 3.63) is 60.3 Å². The van der Waals surface area contributed by atoms with Crippen molar-refractivity contribution in [2.45, 2.75) is 99.5 Å². The van der Waals surface area contributed by atoms with Crippen molar-refractivity contribution in [1.82, 2.24) is 30.6 Å². The lowest BCUT2D eigenvalue weighted by molar-refractivity contribution is -0.141. The van der Waals surface area contributed by atoms with Gasteiger partial charge in [0.15, 0.2) is 0 Å². The van der Waals surface area contributed by atoms with E-state index in [9.17, 15) is 32.4 Å². The molecule has 5 atom stereocenters. The summed E-state index contributed by atoms with van der Waals surface area (Å²) in [6.45, 7) is 0.353. The van der Waals surface area contributed by atoms with Crippen LogP contribution >= 0.6 is 0 Å². The van der Waals surface area contributed by atoms with Crippen LogP contribution in [-0.2, 0) is 29.1 Å². The quantitative estimate of drug-likeness (QED) is 0.336. The average Bonchev–Trinajstić information content (AvgIpc) is 4.09. The molecule has 1 spiro atoms. The van der Waals surface area contributed by atoms with E-state index in [2.05, 4.69) is 25.7 Å². The number of allylic oxidation sites excluding steroid dienone is 1. The van der Waals surface area contributed by atoms with Gasteiger partial charge in [-0.2, -0.15) is 0 Å². The number of ether oxygens (including phenoxy) is 2. The molecule has 6 aliphatic rings. The van der Waals surface area contributed by atoms with Gasteiger partial charge in [0.25, 0.3) is 11.8 Å². The third-order valence-corrected chi connectivity index (χ3v) is 13.5. The number of hydrogen-bond donors (Lipinski definition) is 4. The van der Waals surface area contributed by atoms with E-state index in [0.717, 1.165) is 31.2 Å². The van der Waals surface area contributed by atoms with Gasteiger partial charge in [-0.05, 0) is 82.1 Å². The van der Waals surface area contributed by atoms with Gasteiger partial charge >= 0.3 is 6.09 Å². The van der Waals surface area contributed by atoms with Crippen LogP contribution in [0.25, 0.3) is 11.3 Å². The minimum Gasteiger partial charge on any atom is -0.493 e. The Bertz CT molecular complexity index is 2030. The van der Waals surface area contributed by atoms with Crippen molar-refractivity contribution in [3.8, 4) is 17.0 Å². The zero-order valence-corrected chi connectivity index (χ0v) is 31.3. The second-order valence-corrected chi connectivity index (χ2v) is 17.9. The summed E-state index contributed by atoms with van der Waals surface area (Å²) in [6.07, 6.45) is 8.82. The smallest absolute Gasteiger partial charge is 0.407 e. The van der Waals surface area contributed by atoms with Crippen molar-refractivity contribution in [2.24, 2.45) is 11.3 Å². The van der Waals surface area contributed by atoms with E-state index >= 15 is 0 Å². The molecular weight excluding hydrogens is 729 g/mol. The normalized spacial score (nSPS) is 29.6. The number of carbonyl (C=O) groups is 5. The number of nitrogens with zero attached hydrogens (tertiary/aromatic N) is 2. The van der Waals surface area contributed by atoms with Crippen LogP contribution < -0.4 is 25.4 Å². The molecule has 4 fully saturated rings. The van der Waals surface area contributed by atoms with Crippen LogP contribution in [0, 0.1) is 11.3 Å². The fourth-order valence-corrected chi connectivity index (χ4v) is 9.14. The molecule has 2 aromatic rings. The summed E-state index contributed by atoms with van der Waals surface area (Å²) in [7, 11) is -3.91. The van der Waals surface area contributed by atoms with Gasteiger partial charge < -0.3 is 30.3 Å². The molecule has 5 amide bonds. The molecule has 3 saturated carbocycles. The summed E-state index contributed by atoms with van der Waals surface area (Å²) in [5.74, 6) is -2.35. The molecule has 1 aromatic heterocycles. The van der Waals surface area contributed by atoms with Gasteiger partial charge in [-0.15, -0.1) is 0 Å². The number of alkyl carbamates (subject to hydrolysis) is 1. The van der Waals surface area contributed by atoms with Crippen molar-refractivity contribution < 1.29 is 41.9 Å². The summed E-state index contributed by atoms with van der Waals surface area (Å²) in [6, 6.07) is 9.58. The summed E-state index contributed by atoms with van der Waals surface area (Å²) in [4.78, 5) is 75.5. The molecule has 1 aromatic carbocycles. The van der Waals surface area contributed by atoms with Crippen LogP contribution in [0.15, 0.2) is 54.6 Å². The molecule has 3 aliphatic carbocycles. The van der Waals surface area contributed by atoms with Crippen molar-refractivity contribution in [3.63, 3.8) is 0 Å². The highest BCUT2D eigenvalue weighted by Gasteiger charge is 2.62. The number of rotatable bonds is 3. The molecule has 8 rings (SSSR count). The molecule has 3 aliphatic heterocycles. The highest BCUT2D eigenvalue weighted by Crippen LogP contribution is 2.47. The summed E-state index contributed by atoms with van der Waals surface area (Å²) in [5, 5.41) is 7.91. The fraction of sp³-hybridized carbons (Fsp3) is 0.538. The molecule has 4 N–H and O–H groups in total. The van der Waals surface area contributed by atoms with Gasteiger partial charge in [0.2, 0.25) is 21.8 Å². The number of pyridine rings is 1. The molecular formula is C39H46N6O9S. The second-order valence-electron chi connectivity index (χ2n) is 15.9. The first kappa shape index (κ1) is 37.0. The maximum Gasteiger partial charge on any atom is 0.407 e. The van der Waals surface area contributed by atoms with Crippen molar-refractivity contribution in [2.75, 3.05) is 19.8 Å². The molecule has 4 heterocycles. The topological polar surface area (TPSA) is 202 Å². The van der Waals surface area contributed by atoms with E-state index < -0.39 is 74.6 Å². The molecule has 1 saturated heterocycles. The number of amides is 5. The summed E-state index contributed by atoms with van der Waals surface area (Å²) >= 11 is 0. The first-order chi connectivity index (χ1) is 26.4. The molecule has 16 heteroatoms. The minimum absolute atomic E-state index is 0.000647. The number of carbonyl (C=O) groups excluding carboxylic acids is 5. The SMILES string of the molecule is O=C1N[C@H]2CCCCCC=C[C@@H]3C[C@@]3(C(=O)NS(=O)(=O)C3CC3)NC(=O)[C@@H]3C[C@H](CN3C2=O)NC(=O)c2cccc(n2)-c2cccc(c2)OCC2(CC2)CO1. The minimum atomic E-state index is -3.91. The number of fused-ring (bicyclic) bond motifs is 8. The Morgan fingerprint density at radius 1 is 0.927 bits per heavy atom. The van der Waals surface area contributed by atoms with Gasteiger partial charge in [0.05, 0.1) is 17.6 Å². The lowest BCUT2D eigenvalue weighted by Gasteiger charge is -2.30. The Morgan fingerprint density at radius 2 is 1.71 bits per heavy atom. The fourth-order valence-electron chi connectivity index (χ4n) is 7.78.